The van der Waals surface area contributed by atoms with Gasteiger partial charge in [0, 0.05) is 31.7 Å². The molecule has 0 aliphatic rings. The van der Waals surface area contributed by atoms with Crippen LogP contribution in [0.1, 0.15) is 23.6 Å². The molecule has 35 heavy (non-hydrogen) atoms. The number of methoxy groups -OCH3 is 1. The zero-order valence-corrected chi connectivity index (χ0v) is 18.8. The van der Waals surface area contributed by atoms with Crippen molar-refractivity contribution in [1.82, 2.24) is 5.32 Å². The summed E-state index contributed by atoms with van der Waals surface area (Å²) in [6.45, 7) is 0.839. The number of nitrogens with two attached hydrogens (primary N) is 1. The molecule has 0 saturated heterocycles. The van der Waals surface area contributed by atoms with Gasteiger partial charge in [0.25, 0.3) is 5.91 Å². The van der Waals surface area contributed by atoms with Gasteiger partial charge in [-0.15, -0.1) is 0 Å². The zero-order chi connectivity index (χ0) is 25.8. The Labute approximate surface area is 199 Å². The highest BCUT2D eigenvalue weighted by atomic mass is 19.1. The van der Waals surface area contributed by atoms with Gasteiger partial charge in [-0.2, -0.15) is 0 Å². The maximum absolute atomic E-state index is 15.7. The van der Waals surface area contributed by atoms with Crippen LogP contribution in [0.3, 0.4) is 0 Å². The van der Waals surface area contributed by atoms with Crippen molar-refractivity contribution < 1.29 is 32.2 Å². The number of halogens is 3. The smallest absolute Gasteiger partial charge is 0.326 e. The van der Waals surface area contributed by atoms with Crippen molar-refractivity contribution in [3.05, 3.63) is 94.8 Å². The Morgan fingerprint density at radius 1 is 1.00 bits per heavy atom. The lowest BCUT2D eigenvalue weighted by Gasteiger charge is -2.31. The fourth-order valence-corrected chi connectivity index (χ4v) is 3.46. The maximum Gasteiger partial charge on any atom is 0.326 e. The van der Waals surface area contributed by atoms with E-state index in [9.17, 15) is 14.0 Å². The summed E-state index contributed by atoms with van der Waals surface area (Å²) >= 11 is 0. The van der Waals surface area contributed by atoms with E-state index >= 15 is 8.78 Å². The van der Waals surface area contributed by atoms with Crippen LogP contribution < -0.4 is 11.1 Å². The molecular weight excluding hydrogens is 463 g/mol. The average Bonchev–Trinajstić information content (AvgIpc) is 2.82. The molecule has 10 heteroatoms. The lowest BCUT2D eigenvalue weighted by atomic mass is 9.96. The van der Waals surface area contributed by atoms with Crippen LogP contribution in [0.15, 0.2) is 60.7 Å². The molecule has 0 radical (unpaired) electrons. The quantitative estimate of drug-likeness (QED) is 0.195. The minimum absolute atomic E-state index is 0.121. The molecule has 0 unspecified atom stereocenters. The summed E-state index contributed by atoms with van der Waals surface area (Å²) < 4.78 is 54.3. The van der Waals surface area contributed by atoms with E-state index in [0.717, 1.165) is 38.3 Å². The number of carbonyl (C=O) groups excluding carboxylic acids is 2. The third-order valence-electron chi connectivity index (χ3n) is 5.17. The third-order valence-corrected chi connectivity index (χ3v) is 5.17. The van der Waals surface area contributed by atoms with Gasteiger partial charge < -0.3 is 20.5 Å². The van der Waals surface area contributed by atoms with Crippen molar-refractivity contribution in [3.8, 4) is 11.1 Å². The Bertz CT molecular complexity index is 1260. The molecule has 0 saturated carbocycles. The first-order valence-electron chi connectivity index (χ1n) is 10.3. The van der Waals surface area contributed by atoms with Crippen molar-refractivity contribution in [2.24, 2.45) is 5.73 Å². The molecule has 1 amide bonds. The van der Waals surface area contributed by atoms with Crippen molar-refractivity contribution in [2.45, 2.75) is 19.3 Å². The van der Waals surface area contributed by atoms with E-state index in [4.69, 9.17) is 20.6 Å². The standard InChI is InChI=1S/C25H22F3N3O4/c1-14(32)35-25(34-2,24(33)31-13-15-3-5-17(6-4-15)23(29)30)21-20(27)12-11-19(22(21)28)16-7-9-18(26)10-8-16/h3-12H,13H2,1-2H3,(H3,29,30)(H,31,33)/t25-/m0/s1. The van der Waals surface area contributed by atoms with E-state index in [0.29, 0.717) is 11.1 Å². The Morgan fingerprint density at radius 2 is 1.63 bits per heavy atom. The highest BCUT2D eigenvalue weighted by molar-refractivity contribution is 5.95. The molecule has 3 aromatic rings. The molecule has 4 N–H and O–H groups in total. The summed E-state index contributed by atoms with van der Waals surface area (Å²) in [5.74, 6) is -8.08. The van der Waals surface area contributed by atoms with E-state index in [1.807, 2.05) is 0 Å². The summed E-state index contributed by atoms with van der Waals surface area (Å²) in [6.07, 6.45) is 0. The Kier molecular flexibility index (Phi) is 7.55. The predicted molar refractivity (Wildman–Crippen MR) is 122 cm³/mol. The van der Waals surface area contributed by atoms with Gasteiger partial charge in [0.05, 0.1) is 0 Å². The second-order valence-electron chi connectivity index (χ2n) is 7.50. The molecule has 182 valence electrons. The number of ether oxygens (including phenoxy) is 2. The van der Waals surface area contributed by atoms with Crippen LogP contribution in [0.2, 0.25) is 0 Å². The Balaban J connectivity index is 2.03. The van der Waals surface area contributed by atoms with Crippen LogP contribution in [-0.2, 0) is 31.4 Å². The third kappa shape index (κ3) is 5.33. The van der Waals surface area contributed by atoms with Crippen molar-refractivity contribution in [3.63, 3.8) is 0 Å². The van der Waals surface area contributed by atoms with E-state index in [-0.39, 0.29) is 23.5 Å². The molecule has 0 aliphatic heterocycles. The number of benzene rings is 3. The average molecular weight is 485 g/mol. The van der Waals surface area contributed by atoms with Crippen LogP contribution in [0.4, 0.5) is 13.2 Å². The number of amides is 1. The predicted octanol–water partition coefficient (Wildman–Crippen LogP) is 3.73. The molecule has 0 spiro atoms. The number of hydrogen-bond acceptors (Lipinski definition) is 5. The van der Waals surface area contributed by atoms with Gasteiger partial charge in [0.2, 0.25) is 0 Å². The van der Waals surface area contributed by atoms with Crippen LogP contribution in [0.5, 0.6) is 0 Å². The molecule has 1 atom stereocenters. The van der Waals surface area contributed by atoms with Gasteiger partial charge in [0.15, 0.2) is 0 Å². The Hall–Kier alpha value is -4.18. The van der Waals surface area contributed by atoms with Gasteiger partial charge in [0.1, 0.15) is 28.9 Å². The summed E-state index contributed by atoms with van der Waals surface area (Å²) in [4.78, 5) is 25.1. The summed E-state index contributed by atoms with van der Waals surface area (Å²) in [6, 6.07) is 13.1. The molecule has 3 rings (SSSR count). The molecule has 7 nitrogen and oxygen atoms in total. The minimum atomic E-state index is -2.80. The van der Waals surface area contributed by atoms with Crippen LogP contribution in [0, 0.1) is 22.9 Å². The molecule has 0 bridgehead atoms. The number of carbonyl (C=O) groups is 2. The zero-order valence-electron chi connectivity index (χ0n) is 18.8. The lowest BCUT2D eigenvalue weighted by Crippen LogP contribution is -2.49. The summed E-state index contributed by atoms with van der Waals surface area (Å²) in [5, 5.41) is 9.88. The van der Waals surface area contributed by atoms with Gasteiger partial charge in [-0.3, -0.25) is 15.0 Å². The molecule has 0 fully saturated rings. The van der Waals surface area contributed by atoms with Crippen molar-refractivity contribution >= 4 is 17.7 Å². The number of nitrogens with one attached hydrogen (secondary N) is 2. The van der Waals surface area contributed by atoms with Gasteiger partial charge in [-0.1, -0.05) is 36.4 Å². The topological polar surface area (TPSA) is 114 Å². The van der Waals surface area contributed by atoms with Crippen LogP contribution in [-0.4, -0.2) is 24.8 Å². The molecule has 0 heterocycles. The highest BCUT2D eigenvalue weighted by Crippen LogP contribution is 2.36. The first-order chi connectivity index (χ1) is 16.6. The summed E-state index contributed by atoms with van der Waals surface area (Å²) in [7, 11) is 0.966. The second kappa shape index (κ2) is 10.4. The lowest BCUT2D eigenvalue weighted by molar-refractivity contribution is -0.226. The minimum Gasteiger partial charge on any atom is -0.419 e. The maximum atomic E-state index is 15.7. The monoisotopic (exact) mass is 485 g/mol. The van der Waals surface area contributed by atoms with Crippen LogP contribution in [0.25, 0.3) is 11.1 Å². The molecule has 3 aromatic carbocycles. The van der Waals surface area contributed by atoms with E-state index < -0.39 is 40.7 Å². The number of amidine groups is 1. The van der Waals surface area contributed by atoms with E-state index in [2.05, 4.69) is 5.32 Å². The fraction of sp³-hybridized carbons (Fsp3) is 0.160. The number of rotatable bonds is 8. The number of esters is 1. The Morgan fingerprint density at radius 3 is 2.17 bits per heavy atom. The first kappa shape index (κ1) is 25.4. The second-order valence-corrected chi connectivity index (χ2v) is 7.50. The van der Waals surface area contributed by atoms with Crippen LogP contribution >= 0.6 is 0 Å². The molecule has 0 aliphatic carbocycles. The fourth-order valence-electron chi connectivity index (χ4n) is 3.46. The molecular formula is C25H22F3N3O4. The highest BCUT2D eigenvalue weighted by Gasteiger charge is 2.49. The van der Waals surface area contributed by atoms with Gasteiger partial charge in [-0.05, 0) is 35.4 Å². The van der Waals surface area contributed by atoms with Crippen molar-refractivity contribution in [2.75, 3.05) is 7.11 Å². The van der Waals surface area contributed by atoms with E-state index in [1.165, 1.54) is 12.1 Å². The number of hydrogen-bond donors (Lipinski definition) is 3. The van der Waals surface area contributed by atoms with Crippen molar-refractivity contribution in [1.29, 1.82) is 5.41 Å². The normalized spacial score (nSPS) is 12.5. The largest absolute Gasteiger partial charge is 0.419 e. The summed E-state index contributed by atoms with van der Waals surface area (Å²) in [5.41, 5.74) is 5.54. The number of nitrogen functional groups attached to an aromatic ring is 1. The molecule has 0 aromatic heterocycles. The SMILES string of the molecule is CO[C@@](OC(C)=O)(C(=O)NCc1ccc(C(=N)N)cc1)c1c(F)ccc(-c2ccc(F)cc2)c1F. The van der Waals surface area contributed by atoms with Gasteiger partial charge >= 0.3 is 11.8 Å². The van der Waals surface area contributed by atoms with E-state index in [1.54, 1.807) is 24.3 Å². The first-order valence-corrected chi connectivity index (χ1v) is 10.3. The van der Waals surface area contributed by atoms with Gasteiger partial charge in [-0.25, -0.2) is 13.2 Å².